The van der Waals surface area contributed by atoms with Gasteiger partial charge in [0.15, 0.2) is 0 Å². The van der Waals surface area contributed by atoms with Gasteiger partial charge in [0.25, 0.3) is 5.69 Å². The Bertz CT molecular complexity index is 1220. The van der Waals surface area contributed by atoms with Crippen LogP contribution in [0.3, 0.4) is 0 Å². The maximum Gasteiger partial charge on any atom is 0.286 e. The standard InChI is InChI=1S/C25H25N3O4/c1-25(2,3)19-6-11-22(12-7-19)32-15-14-31-21-9-4-18(5-10-21)23-17-27-16-20(28(29)30)8-13-24(27)26-23/h4-13,16-17H,14-15H2,1-3H3. The highest BCUT2D eigenvalue weighted by Gasteiger charge is 2.13. The zero-order valence-corrected chi connectivity index (χ0v) is 18.3. The number of nitrogens with zero attached hydrogens (tertiary/aromatic N) is 3. The predicted molar refractivity (Wildman–Crippen MR) is 123 cm³/mol. The van der Waals surface area contributed by atoms with Crippen molar-refractivity contribution in [3.63, 3.8) is 0 Å². The first kappa shape index (κ1) is 21.4. The van der Waals surface area contributed by atoms with Crippen LogP contribution in [-0.4, -0.2) is 27.5 Å². The van der Waals surface area contributed by atoms with E-state index in [4.69, 9.17) is 9.47 Å². The first-order chi connectivity index (χ1) is 15.3. The highest BCUT2D eigenvalue weighted by Crippen LogP contribution is 2.25. The van der Waals surface area contributed by atoms with Crippen LogP contribution in [0.25, 0.3) is 16.9 Å². The molecule has 0 amide bonds. The Morgan fingerprint density at radius 3 is 2.03 bits per heavy atom. The van der Waals surface area contributed by atoms with E-state index in [0.29, 0.717) is 18.9 Å². The second kappa shape index (κ2) is 8.70. The minimum Gasteiger partial charge on any atom is -0.490 e. The van der Waals surface area contributed by atoms with Gasteiger partial charge in [-0.2, -0.15) is 0 Å². The van der Waals surface area contributed by atoms with Gasteiger partial charge in [0, 0.05) is 17.8 Å². The molecule has 0 saturated carbocycles. The molecule has 2 aromatic heterocycles. The molecule has 0 aliphatic carbocycles. The third kappa shape index (κ3) is 4.88. The Labute approximate surface area is 186 Å². The Balaban J connectivity index is 1.32. The molecule has 4 aromatic rings. The van der Waals surface area contributed by atoms with Gasteiger partial charge in [-0.1, -0.05) is 32.9 Å². The largest absolute Gasteiger partial charge is 0.490 e. The first-order valence-corrected chi connectivity index (χ1v) is 10.4. The molecule has 32 heavy (non-hydrogen) atoms. The first-order valence-electron chi connectivity index (χ1n) is 10.4. The van der Waals surface area contributed by atoms with Crippen LogP contribution in [0.15, 0.2) is 73.1 Å². The van der Waals surface area contributed by atoms with Crippen molar-refractivity contribution in [2.45, 2.75) is 26.2 Å². The third-order valence-corrected chi connectivity index (χ3v) is 5.14. The lowest BCUT2D eigenvalue weighted by molar-refractivity contribution is -0.385. The van der Waals surface area contributed by atoms with Crippen molar-refractivity contribution in [2.24, 2.45) is 0 Å². The summed E-state index contributed by atoms with van der Waals surface area (Å²) in [5, 5.41) is 10.9. The van der Waals surface area contributed by atoms with Crippen molar-refractivity contribution in [3.8, 4) is 22.8 Å². The second-order valence-electron chi connectivity index (χ2n) is 8.53. The molecule has 2 heterocycles. The highest BCUT2D eigenvalue weighted by molar-refractivity contribution is 5.63. The van der Waals surface area contributed by atoms with Crippen LogP contribution < -0.4 is 9.47 Å². The topological polar surface area (TPSA) is 78.9 Å². The minimum atomic E-state index is -0.421. The fraction of sp³-hybridized carbons (Fsp3) is 0.240. The molecule has 7 nitrogen and oxygen atoms in total. The molecule has 7 heteroatoms. The lowest BCUT2D eigenvalue weighted by Gasteiger charge is -2.19. The Morgan fingerprint density at radius 2 is 1.47 bits per heavy atom. The molecular weight excluding hydrogens is 406 g/mol. The summed E-state index contributed by atoms with van der Waals surface area (Å²) < 4.78 is 13.2. The Hall–Kier alpha value is -3.87. The van der Waals surface area contributed by atoms with Crippen molar-refractivity contribution in [2.75, 3.05) is 13.2 Å². The number of fused-ring (bicyclic) bond motifs is 1. The van der Waals surface area contributed by atoms with E-state index >= 15 is 0 Å². The van der Waals surface area contributed by atoms with Crippen molar-refractivity contribution >= 4 is 11.3 Å². The zero-order chi connectivity index (χ0) is 22.7. The average Bonchev–Trinajstić information content (AvgIpc) is 3.20. The van der Waals surface area contributed by atoms with Crippen molar-refractivity contribution in [3.05, 3.63) is 88.7 Å². The average molecular weight is 431 g/mol. The summed E-state index contributed by atoms with van der Waals surface area (Å²) in [5.74, 6) is 1.56. The summed E-state index contributed by atoms with van der Waals surface area (Å²) in [4.78, 5) is 15.0. The summed E-state index contributed by atoms with van der Waals surface area (Å²) in [5.41, 5.74) is 3.70. The summed E-state index contributed by atoms with van der Waals surface area (Å²) >= 11 is 0. The van der Waals surface area contributed by atoms with Crippen molar-refractivity contribution < 1.29 is 14.4 Å². The van der Waals surface area contributed by atoms with E-state index in [1.807, 2.05) is 36.4 Å². The van der Waals surface area contributed by atoms with Gasteiger partial charge in [-0.25, -0.2) is 4.98 Å². The lowest BCUT2D eigenvalue weighted by atomic mass is 9.87. The normalized spacial score (nSPS) is 11.5. The van der Waals surface area contributed by atoms with E-state index in [9.17, 15) is 10.1 Å². The number of benzene rings is 2. The molecule has 2 aromatic carbocycles. The molecule has 0 fully saturated rings. The fourth-order valence-corrected chi connectivity index (χ4v) is 3.32. The zero-order valence-electron chi connectivity index (χ0n) is 18.3. The molecular formula is C25H25N3O4. The number of imidazole rings is 1. The third-order valence-electron chi connectivity index (χ3n) is 5.14. The van der Waals surface area contributed by atoms with E-state index in [-0.39, 0.29) is 11.1 Å². The molecule has 0 bridgehead atoms. The highest BCUT2D eigenvalue weighted by atomic mass is 16.6. The molecule has 4 rings (SSSR count). The number of nitro groups is 1. The molecule has 0 aliphatic rings. The molecule has 164 valence electrons. The minimum absolute atomic E-state index is 0.0255. The van der Waals surface area contributed by atoms with Gasteiger partial charge in [-0.15, -0.1) is 0 Å². The molecule has 0 unspecified atom stereocenters. The lowest BCUT2D eigenvalue weighted by Crippen LogP contribution is -2.11. The number of pyridine rings is 1. The monoisotopic (exact) mass is 431 g/mol. The van der Waals surface area contributed by atoms with Crippen LogP contribution in [0, 0.1) is 10.1 Å². The SMILES string of the molecule is CC(C)(C)c1ccc(OCCOc2ccc(-c3cn4cc([N+](=O)[O-])ccc4n3)cc2)cc1. The summed E-state index contributed by atoms with van der Waals surface area (Å²) in [7, 11) is 0. The van der Waals surface area contributed by atoms with Gasteiger partial charge in [0.05, 0.1) is 16.8 Å². The smallest absolute Gasteiger partial charge is 0.286 e. The van der Waals surface area contributed by atoms with Gasteiger partial charge in [-0.05, 0) is 53.4 Å². The van der Waals surface area contributed by atoms with Crippen LogP contribution in [0.4, 0.5) is 5.69 Å². The van der Waals surface area contributed by atoms with Crippen LogP contribution >= 0.6 is 0 Å². The van der Waals surface area contributed by atoms with Crippen LogP contribution in [0.1, 0.15) is 26.3 Å². The number of hydrogen-bond donors (Lipinski definition) is 0. The van der Waals surface area contributed by atoms with Gasteiger partial charge in [0.1, 0.15) is 30.4 Å². The van der Waals surface area contributed by atoms with E-state index in [2.05, 4.69) is 37.9 Å². The van der Waals surface area contributed by atoms with Crippen LogP contribution in [0.5, 0.6) is 11.5 Å². The van der Waals surface area contributed by atoms with Crippen molar-refractivity contribution in [1.82, 2.24) is 9.38 Å². The fourth-order valence-electron chi connectivity index (χ4n) is 3.32. The van der Waals surface area contributed by atoms with Gasteiger partial charge in [-0.3, -0.25) is 14.5 Å². The number of aromatic nitrogens is 2. The predicted octanol–water partition coefficient (Wildman–Crippen LogP) is 5.66. The second-order valence-corrected chi connectivity index (χ2v) is 8.53. The molecule has 0 spiro atoms. The van der Waals surface area contributed by atoms with E-state index < -0.39 is 4.92 Å². The van der Waals surface area contributed by atoms with Crippen LogP contribution in [0.2, 0.25) is 0 Å². The molecule has 0 saturated heterocycles. The van der Waals surface area contributed by atoms with E-state index in [0.717, 1.165) is 22.8 Å². The molecule has 0 radical (unpaired) electrons. The summed E-state index contributed by atoms with van der Waals surface area (Å²) in [6.07, 6.45) is 3.23. The quantitative estimate of drug-likeness (QED) is 0.214. The maximum atomic E-state index is 10.9. The van der Waals surface area contributed by atoms with Crippen LogP contribution in [-0.2, 0) is 5.41 Å². The number of ether oxygens (including phenoxy) is 2. The number of rotatable bonds is 7. The van der Waals surface area contributed by atoms with E-state index in [1.165, 1.54) is 17.8 Å². The summed E-state index contributed by atoms with van der Waals surface area (Å²) in [6.45, 7) is 7.43. The Kier molecular flexibility index (Phi) is 5.81. The van der Waals surface area contributed by atoms with Gasteiger partial charge >= 0.3 is 0 Å². The molecule has 0 atom stereocenters. The Morgan fingerprint density at radius 1 is 0.875 bits per heavy atom. The number of hydrogen-bond acceptors (Lipinski definition) is 5. The van der Waals surface area contributed by atoms with E-state index in [1.54, 1.807) is 16.7 Å². The summed E-state index contributed by atoms with van der Waals surface area (Å²) in [6, 6.07) is 18.8. The molecule has 0 aliphatic heterocycles. The van der Waals surface area contributed by atoms with Crippen molar-refractivity contribution in [1.29, 1.82) is 0 Å². The van der Waals surface area contributed by atoms with Gasteiger partial charge < -0.3 is 9.47 Å². The molecule has 0 N–H and O–H groups in total. The maximum absolute atomic E-state index is 10.9. The van der Waals surface area contributed by atoms with Gasteiger partial charge in [0.2, 0.25) is 0 Å².